The smallest absolute Gasteiger partial charge is 0.0642 e. The molecule has 0 spiro atoms. The van der Waals surface area contributed by atoms with Crippen molar-refractivity contribution in [3.63, 3.8) is 0 Å². The topological polar surface area (TPSA) is 24.5 Å². The summed E-state index contributed by atoms with van der Waals surface area (Å²) in [4.78, 5) is 2.44. The molecule has 1 aromatic carbocycles. The van der Waals surface area contributed by atoms with Crippen molar-refractivity contribution in [2.45, 2.75) is 13.3 Å². The number of benzene rings is 1. The summed E-state index contributed by atoms with van der Waals surface area (Å²) in [6.45, 7) is 7.10. The molecule has 2 heterocycles. The van der Waals surface area contributed by atoms with E-state index in [0.717, 1.165) is 38.8 Å². The summed E-state index contributed by atoms with van der Waals surface area (Å²) in [6, 6.07) is 6.67. The fraction of sp³-hybridized carbons (Fsp3) is 0.571. The third-order valence-corrected chi connectivity index (χ3v) is 3.68. The molecular weight excluding hydrogens is 212 g/mol. The zero-order valence-electron chi connectivity index (χ0n) is 10.4. The summed E-state index contributed by atoms with van der Waals surface area (Å²) < 4.78 is 5.42. The maximum absolute atomic E-state index is 5.42. The van der Waals surface area contributed by atoms with E-state index in [1.165, 1.54) is 23.4 Å². The van der Waals surface area contributed by atoms with Gasteiger partial charge in [0.1, 0.15) is 0 Å². The first-order valence-corrected chi connectivity index (χ1v) is 6.53. The van der Waals surface area contributed by atoms with Gasteiger partial charge in [-0.2, -0.15) is 0 Å². The highest BCUT2D eigenvalue weighted by atomic mass is 16.5. The molecular formula is C14H20N2O. The number of anilines is 2. The minimum absolute atomic E-state index is 0.738. The predicted octanol–water partition coefficient (Wildman–Crippen LogP) is 2.13. The Bertz CT molecular complexity index is 399. The molecule has 2 aliphatic heterocycles. The largest absolute Gasteiger partial charge is 0.383 e. The van der Waals surface area contributed by atoms with Gasteiger partial charge in [0.2, 0.25) is 0 Å². The average molecular weight is 232 g/mol. The van der Waals surface area contributed by atoms with Crippen LogP contribution in [0.5, 0.6) is 0 Å². The lowest BCUT2D eigenvalue weighted by atomic mass is 9.94. The van der Waals surface area contributed by atoms with Crippen molar-refractivity contribution in [1.29, 1.82) is 0 Å². The van der Waals surface area contributed by atoms with Crippen LogP contribution in [0.3, 0.4) is 0 Å². The van der Waals surface area contributed by atoms with E-state index >= 15 is 0 Å². The van der Waals surface area contributed by atoms with Crippen LogP contribution in [-0.4, -0.2) is 32.8 Å². The van der Waals surface area contributed by atoms with Gasteiger partial charge in [0, 0.05) is 19.6 Å². The van der Waals surface area contributed by atoms with E-state index in [0.29, 0.717) is 0 Å². The lowest BCUT2D eigenvalue weighted by molar-refractivity contribution is 0.123. The predicted molar refractivity (Wildman–Crippen MR) is 70.8 cm³/mol. The SMILES string of the molecule is CC1CNc2c(cccc2N2CCOCC2)C1. The van der Waals surface area contributed by atoms with E-state index in [-0.39, 0.29) is 0 Å². The number of hydrogen-bond donors (Lipinski definition) is 1. The molecule has 1 fully saturated rings. The van der Waals surface area contributed by atoms with Crippen molar-refractivity contribution >= 4 is 11.4 Å². The van der Waals surface area contributed by atoms with E-state index in [4.69, 9.17) is 4.74 Å². The van der Waals surface area contributed by atoms with Gasteiger partial charge in [-0.3, -0.25) is 0 Å². The molecule has 0 amide bonds. The molecule has 1 saturated heterocycles. The highest BCUT2D eigenvalue weighted by Gasteiger charge is 2.21. The van der Waals surface area contributed by atoms with Gasteiger partial charge in [0.25, 0.3) is 0 Å². The van der Waals surface area contributed by atoms with Gasteiger partial charge in [-0.05, 0) is 24.0 Å². The highest BCUT2D eigenvalue weighted by Crippen LogP contribution is 2.34. The van der Waals surface area contributed by atoms with Gasteiger partial charge >= 0.3 is 0 Å². The van der Waals surface area contributed by atoms with Crippen molar-refractivity contribution in [1.82, 2.24) is 0 Å². The molecule has 0 bridgehead atoms. The summed E-state index contributed by atoms with van der Waals surface area (Å²) in [6.07, 6.45) is 1.19. The quantitative estimate of drug-likeness (QED) is 0.802. The van der Waals surface area contributed by atoms with E-state index in [1.54, 1.807) is 0 Å². The number of hydrogen-bond acceptors (Lipinski definition) is 3. The Hall–Kier alpha value is -1.22. The van der Waals surface area contributed by atoms with Gasteiger partial charge in [0.05, 0.1) is 24.6 Å². The fourth-order valence-corrected chi connectivity index (χ4v) is 2.75. The first kappa shape index (κ1) is 10.9. The molecule has 1 unspecified atom stereocenters. The van der Waals surface area contributed by atoms with Crippen molar-refractivity contribution < 1.29 is 4.74 Å². The second-order valence-electron chi connectivity index (χ2n) is 5.10. The van der Waals surface area contributed by atoms with E-state index < -0.39 is 0 Å². The molecule has 0 saturated carbocycles. The van der Waals surface area contributed by atoms with Crippen LogP contribution in [0.4, 0.5) is 11.4 Å². The monoisotopic (exact) mass is 232 g/mol. The number of fused-ring (bicyclic) bond motifs is 1. The molecule has 3 heteroatoms. The standard InChI is InChI=1S/C14H20N2O/c1-11-9-12-3-2-4-13(14(12)15-10-11)16-5-7-17-8-6-16/h2-4,11,15H,5-10H2,1H3. The minimum atomic E-state index is 0.738. The minimum Gasteiger partial charge on any atom is -0.383 e. The Morgan fingerprint density at radius 3 is 2.94 bits per heavy atom. The molecule has 1 N–H and O–H groups in total. The number of ether oxygens (including phenoxy) is 1. The zero-order chi connectivity index (χ0) is 11.7. The second kappa shape index (κ2) is 4.57. The number of morpholine rings is 1. The average Bonchev–Trinajstić information content (AvgIpc) is 2.39. The Balaban J connectivity index is 1.91. The van der Waals surface area contributed by atoms with Gasteiger partial charge in [0.15, 0.2) is 0 Å². The van der Waals surface area contributed by atoms with E-state index in [1.807, 2.05) is 0 Å². The molecule has 17 heavy (non-hydrogen) atoms. The number of para-hydroxylation sites is 1. The Labute approximate surface area is 103 Å². The maximum Gasteiger partial charge on any atom is 0.0642 e. The number of rotatable bonds is 1. The fourth-order valence-electron chi connectivity index (χ4n) is 2.75. The first-order valence-electron chi connectivity index (χ1n) is 6.53. The van der Waals surface area contributed by atoms with E-state index in [9.17, 15) is 0 Å². The van der Waals surface area contributed by atoms with Crippen LogP contribution < -0.4 is 10.2 Å². The summed E-state index contributed by atoms with van der Waals surface area (Å²) >= 11 is 0. The third kappa shape index (κ3) is 2.12. The lowest BCUT2D eigenvalue weighted by Crippen LogP contribution is -2.37. The summed E-state index contributed by atoms with van der Waals surface area (Å²) in [5.41, 5.74) is 4.18. The maximum atomic E-state index is 5.42. The summed E-state index contributed by atoms with van der Waals surface area (Å²) in [5.74, 6) is 0.738. The Morgan fingerprint density at radius 1 is 1.29 bits per heavy atom. The molecule has 0 aliphatic carbocycles. The first-order chi connectivity index (χ1) is 8.34. The molecule has 1 aromatic rings. The molecule has 1 atom stereocenters. The molecule has 3 rings (SSSR count). The van der Waals surface area contributed by atoms with Crippen LogP contribution in [-0.2, 0) is 11.2 Å². The van der Waals surface area contributed by atoms with Gasteiger partial charge in [-0.15, -0.1) is 0 Å². The molecule has 2 aliphatic rings. The lowest BCUT2D eigenvalue weighted by Gasteiger charge is -2.33. The molecule has 3 nitrogen and oxygen atoms in total. The second-order valence-corrected chi connectivity index (χ2v) is 5.10. The van der Waals surface area contributed by atoms with Gasteiger partial charge in [-0.25, -0.2) is 0 Å². The van der Waals surface area contributed by atoms with Crippen molar-refractivity contribution in [2.75, 3.05) is 43.1 Å². The highest BCUT2D eigenvalue weighted by molar-refractivity contribution is 5.74. The number of nitrogens with zero attached hydrogens (tertiary/aromatic N) is 1. The summed E-state index contributed by atoms with van der Waals surface area (Å²) in [5, 5.41) is 3.60. The molecule has 0 aromatic heterocycles. The van der Waals surface area contributed by atoms with Crippen molar-refractivity contribution in [2.24, 2.45) is 5.92 Å². The van der Waals surface area contributed by atoms with Gasteiger partial charge < -0.3 is 15.0 Å². The Kier molecular flexibility index (Phi) is 2.93. The van der Waals surface area contributed by atoms with Gasteiger partial charge in [-0.1, -0.05) is 19.1 Å². The van der Waals surface area contributed by atoms with E-state index in [2.05, 4.69) is 35.3 Å². The molecule has 92 valence electrons. The number of nitrogens with one attached hydrogen (secondary N) is 1. The van der Waals surface area contributed by atoms with Crippen LogP contribution in [0.15, 0.2) is 18.2 Å². The third-order valence-electron chi connectivity index (χ3n) is 3.68. The van der Waals surface area contributed by atoms with Crippen LogP contribution in [0, 0.1) is 5.92 Å². The Morgan fingerprint density at radius 2 is 2.12 bits per heavy atom. The van der Waals surface area contributed by atoms with Crippen molar-refractivity contribution in [3.8, 4) is 0 Å². The normalized spacial score (nSPS) is 24.1. The van der Waals surface area contributed by atoms with Crippen LogP contribution >= 0.6 is 0 Å². The van der Waals surface area contributed by atoms with Crippen LogP contribution in [0.25, 0.3) is 0 Å². The summed E-state index contributed by atoms with van der Waals surface area (Å²) in [7, 11) is 0. The zero-order valence-corrected chi connectivity index (χ0v) is 10.4. The molecule has 0 radical (unpaired) electrons. The van der Waals surface area contributed by atoms with Crippen molar-refractivity contribution in [3.05, 3.63) is 23.8 Å². The van der Waals surface area contributed by atoms with Crippen LogP contribution in [0.2, 0.25) is 0 Å². The van der Waals surface area contributed by atoms with Crippen LogP contribution in [0.1, 0.15) is 12.5 Å².